The molecule has 1 aliphatic rings. The van der Waals surface area contributed by atoms with Gasteiger partial charge in [-0.15, -0.1) is 0 Å². The zero-order valence-electron chi connectivity index (χ0n) is 8.20. The molecule has 1 fully saturated rings. The Hall–Kier alpha value is -0.830. The van der Waals surface area contributed by atoms with E-state index in [2.05, 4.69) is 22.2 Å². The van der Waals surface area contributed by atoms with Gasteiger partial charge in [-0.25, -0.2) is 9.97 Å². The van der Waals surface area contributed by atoms with Crippen molar-refractivity contribution in [2.24, 2.45) is 5.92 Å². The van der Waals surface area contributed by atoms with Crippen LogP contribution in [0.1, 0.15) is 26.2 Å². The van der Waals surface area contributed by atoms with Crippen LogP contribution < -0.4 is 5.32 Å². The van der Waals surface area contributed by atoms with Crippen molar-refractivity contribution in [3.05, 3.63) is 17.5 Å². The van der Waals surface area contributed by atoms with Crippen LogP contribution in [0.2, 0.25) is 5.28 Å². The van der Waals surface area contributed by atoms with Crippen molar-refractivity contribution in [3.63, 3.8) is 0 Å². The summed E-state index contributed by atoms with van der Waals surface area (Å²) in [6.07, 6.45) is 5.69. The minimum absolute atomic E-state index is 0.302. The summed E-state index contributed by atoms with van der Waals surface area (Å²) in [4.78, 5) is 7.94. The maximum absolute atomic E-state index is 5.69. The molecule has 1 aromatic rings. The summed E-state index contributed by atoms with van der Waals surface area (Å²) in [5.74, 6) is 1.62. The number of hydrogen-bond donors (Lipinski definition) is 1. The van der Waals surface area contributed by atoms with E-state index in [0.29, 0.717) is 11.3 Å². The summed E-state index contributed by atoms with van der Waals surface area (Å²) in [5, 5.41) is 3.65. The molecular formula is C10H14ClN3. The van der Waals surface area contributed by atoms with Gasteiger partial charge < -0.3 is 5.32 Å². The molecule has 1 aliphatic carbocycles. The third-order valence-corrected chi connectivity index (χ3v) is 3.04. The first-order chi connectivity index (χ1) is 6.75. The van der Waals surface area contributed by atoms with Crippen molar-refractivity contribution in [1.82, 2.24) is 9.97 Å². The Labute approximate surface area is 88.9 Å². The highest BCUT2D eigenvalue weighted by Crippen LogP contribution is 2.30. The van der Waals surface area contributed by atoms with Crippen LogP contribution >= 0.6 is 11.6 Å². The van der Waals surface area contributed by atoms with Gasteiger partial charge in [0.1, 0.15) is 5.82 Å². The molecule has 4 heteroatoms. The van der Waals surface area contributed by atoms with E-state index in [0.717, 1.165) is 11.7 Å². The third kappa shape index (κ3) is 2.15. The maximum Gasteiger partial charge on any atom is 0.224 e. The predicted molar refractivity (Wildman–Crippen MR) is 57.5 cm³/mol. The highest BCUT2D eigenvalue weighted by molar-refractivity contribution is 6.28. The van der Waals surface area contributed by atoms with E-state index in [4.69, 9.17) is 11.6 Å². The molecular weight excluding hydrogens is 198 g/mol. The molecule has 1 heterocycles. The summed E-state index contributed by atoms with van der Waals surface area (Å²) < 4.78 is 0. The summed E-state index contributed by atoms with van der Waals surface area (Å²) in [5.41, 5.74) is 0. The average Bonchev–Trinajstić information content (AvgIpc) is 1.99. The largest absolute Gasteiger partial charge is 0.367 e. The number of rotatable bonds is 3. The first kappa shape index (κ1) is 9.71. The second-order valence-electron chi connectivity index (χ2n) is 3.83. The van der Waals surface area contributed by atoms with Crippen LogP contribution in [0.4, 0.5) is 5.82 Å². The van der Waals surface area contributed by atoms with Crippen molar-refractivity contribution in [2.45, 2.75) is 32.2 Å². The predicted octanol–water partition coefficient (Wildman–Crippen LogP) is 2.73. The molecule has 3 nitrogen and oxygen atoms in total. The third-order valence-electron chi connectivity index (χ3n) is 2.86. The van der Waals surface area contributed by atoms with Crippen molar-refractivity contribution < 1.29 is 0 Å². The minimum atomic E-state index is 0.302. The van der Waals surface area contributed by atoms with Gasteiger partial charge in [0.05, 0.1) is 0 Å². The normalized spacial score (nSPS) is 18.7. The minimum Gasteiger partial charge on any atom is -0.367 e. The lowest BCUT2D eigenvalue weighted by molar-refractivity contribution is 0.285. The smallest absolute Gasteiger partial charge is 0.224 e. The van der Waals surface area contributed by atoms with Crippen molar-refractivity contribution in [1.29, 1.82) is 0 Å². The highest BCUT2D eigenvalue weighted by atomic mass is 35.5. The van der Waals surface area contributed by atoms with Crippen LogP contribution in [0.25, 0.3) is 0 Å². The van der Waals surface area contributed by atoms with Gasteiger partial charge in [0.2, 0.25) is 5.28 Å². The molecule has 0 bridgehead atoms. The van der Waals surface area contributed by atoms with Crippen molar-refractivity contribution >= 4 is 17.4 Å². The van der Waals surface area contributed by atoms with E-state index in [1.807, 2.05) is 6.07 Å². The molecule has 76 valence electrons. The van der Waals surface area contributed by atoms with Crippen molar-refractivity contribution in [2.75, 3.05) is 5.32 Å². The lowest BCUT2D eigenvalue weighted by atomic mass is 9.80. The molecule has 0 spiro atoms. The van der Waals surface area contributed by atoms with Gasteiger partial charge >= 0.3 is 0 Å². The van der Waals surface area contributed by atoms with Gasteiger partial charge in [-0.3, -0.25) is 0 Å². The van der Waals surface area contributed by atoms with Gasteiger partial charge in [-0.05, 0) is 43.4 Å². The highest BCUT2D eigenvalue weighted by Gasteiger charge is 2.23. The lowest BCUT2D eigenvalue weighted by Gasteiger charge is -2.32. The van der Waals surface area contributed by atoms with E-state index < -0.39 is 0 Å². The first-order valence-electron chi connectivity index (χ1n) is 5.01. The Bertz CT molecular complexity index is 312. The summed E-state index contributed by atoms with van der Waals surface area (Å²) >= 11 is 5.69. The molecule has 0 radical (unpaired) electrons. The molecule has 0 saturated heterocycles. The second-order valence-corrected chi connectivity index (χ2v) is 4.17. The van der Waals surface area contributed by atoms with Crippen LogP contribution in [-0.2, 0) is 0 Å². The van der Waals surface area contributed by atoms with Crippen LogP contribution in [-0.4, -0.2) is 16.0 Å². The molecule has 0 aromatic carbocycles. The summed E-state index contributed by atoms with van der Waals surface area (Å²) in [6.45, 7) is 2.19. The fourth-order valence-corrected chi connectivity index (χ4v) is 1.85. The maximum atomic E-state index is 5.69. The van der Waals surface area contributed by atoms with E-state index >= 15 is 0 Å². The topological polar surface area (TPSA) is 37.8 Å². The van der Waals surface area contributed by atoms with Crippen LogP contribution in [0.15, 0.2) is 12.3 Å². The van der Waals surface area contributed by atoms with Crippen LogP contribution in [0.3, 0.4) is 0 Å². The molecule has 14 heavy (non-hydrogen) atoms. The quantitative estimate of drug-likeness (QED) is 0.782. The zero-order chi connectivity index (χ0) is 9.97. The molecule has 1 N–H and O–H groups in total. The molecule has 2 rings (SSSR count). The Balaban J connectivity index is 1.95. The SMILES string of the molecule is CC(Nc1ccnc(Cl)n1)C1CCC1. The van der Waals surface area contributed by atoms with Gasteiger partial charge in [0, 0.05) is 12.2 Å². The average molecular weight is 212 g/mol. The lowest BCUT2D eigenvalue weighted by Crippen LogP contribution is -2.31. The summed E-state index contributed by atoms with van der Waals surface area (Å²) in [7, 11) is 0. The van der Waals surface area contributed by atoms with Gasteiger partial charge in [-0.2, -0.15) is 0 Å². The Morgan fingerprint density at radius 2 is 2.36 bits per heavy atom. The fourth-order valence-electron chi connectivity index (χ4n) is 1.71. The Kier molecular flexibility index (Phi) is 2.87. The van der Waals surface area contributed by atoms with Crippen LogP contribution in [0, 0.1) is 5.92 Å². The first-order valence-corrected chi connectivity index (χ1v) is 5.38. The molecule has 1 atom stereocenters. The number of halogens is 1. The van der Waals surface area contributed by atoms with Crippen molar-refractivity contribution in [3.8, 4) is 0 Å². The summed E-state index contributed by atoms with van der Waals surface area (Å²) in [6, 6.07) is 2.33. The molecule has 0 amide bonds. The fraction of sp³-hybridized carbons (Fsp3) is 0.600. The van der Waals surface area contributed by atoms with E-state index in [9.17, 15) is 0 Å². The van der Waals surface area contributed by atoms with E-state index in [-0.39, 0.29) is 0 Å². The monoisotopic (exact) mass is 211 g/mol. The number of nitrogens with zero attached hydrogens (tertiary/aromatic N) is 2. The van der Waals surface area contributed by atoms with E-state index in [1.54, 1.807) is 6.20 Å². The van der Waals surface area contributed by atoms with Gasteiger partial charge in [-0.1, -0.05) is 6.42 Å². The van der Waals surface area contributed by atoms with Gasteiger partial charge in [0.25, 0.3) is 0 Å². The second kappa shape index (κ2) is 4.13. The molecule has 0 aliphatic heterocycles. The zero-order valence-corrected chi connectivity index (χ0v) is 8.96. The molecule has 1 unspecified atom stereocenters. The number of nitrogens with one attached hydrogen (secondary N) is 1. The Morgan fingerprint density at radius 1 is 1.57 bits per heavy atom. The number of aromatic nitrogens is 2. The standard InChI is InChI=1S/C10H14ClN3/c1-7(8-3-2-4-8)13-9-5-6-12-10(11)14-9/h5-8H,2-4H2,1H3,(H,12,13,14). The molecule has 1 aromatic heterocycles. The van der Waals surface area contributed by atoms with Gasteiger partial charge in [0.15, 0.2) is 0 Å². The van der Waals surface area contributed by atoms with Crippen LogP contribution in [0.5, 0.6) is 0 Å². The van der Waals surface area contributed by atoms with E-state index in [1.165, 1.54) is 19.3 Å². The Morgan fingerprint density at radius 3 is 2.93 bits per heavy atom. The number of anilines is 1. The number of hydrogen-bond acceptors (Lipinski definition) is 3. The molecule has 1 saturated carbocycles.